The molecular formula is C22H21N3O5S2. The van der Waals surface area contributed by atoms with Crippen LogP contribution in [0.15, 0.2) is 46.8 Å². The van der Waals surface area contributed by atoms with Crippen molar-refractivity contribution in [3.05, 3.63) is 58.1 Å². The van der Waals surface area contributed by atoms with Crippen molar-refractivity contribution in [2.75, 3.05) is 5.32 Å². The number of hydrogen-bond acceptors (Lipinski definition) is 7. The first-order valence-corrected chi connectivity index (χ1v) is 12.0. The number of amides is 1. The van der Waals surface area contributed by atoms with Gasteiger partial charge in [-0.2, -0.15) is 0 Å². The molecule has 1 amide bonds. The fourth-order valence-corrected chi connectivity index (χ4v) is 5.94. The van der Waals surface area contributed by atoms with E-state index < -0.39 is 22.7 Å². The second-order valence-corrected chi connectivity index (χ2v) is 9.95. The highest BCUT2D eigenvalue weighted by molar-refractivity contribution is 8.00. The number of nitrogens with one attached hydrogen (secondary N) is 1. The van der Waals surface area contributed by atoms with Crippen molar-refractivity contribution in [3.63, 3.8) is 0 Å². The molecule has 10 heteroatoms. The van der Waals surface area contributed by atoms with Crippen LogP contribution in [0.4, 0.5) is 11.4 Å². The monoisotopic (exact) mass is 471 g/mol. The molecule has 2 atom stereocenters. The number of carbonyl (C=O) groups is 2. The number of thioether (sulfide) groups is 1. The van der Waals surface area contributed by atoms with Crippen LogP contribution in [0, 0.1) is 22.0 Å². The third-order valence-corrected chi connectivity index (χ3v) is 7.80. The van der Waals surface area contributed by atoms with Crippen molar-refractivity contribution in [2.24, 2.45) is 11.8 Å². The maximum absolute atomic E-state index is 12.7. The van der Waals surface area contributed by atoms with Crippen LogP contribution in [0.1, 0.15) is 31.2 Å². The van der Waals surface area contributed by atoms with E-state index in [0.29, 0.717) is 24.3 Å². The molecule has 1 saturated carbocycles. The topological polar surface area (TPSA) is 122 Å². The number of nitro benzene ring substituents is 1. The first-order valence-electron chi connectivity index (χ1n) is 10.2. The zero-order chi connectivity index (χ0) is 22.7. The smallest absolute Gasteiger partial charge is 0.307 e. The largest absolute Gasteiger partial charge is 0.481 e. The van der Waals surface area contributed by atoms with E-state index in [1.807, 2.05) is 12.1 Å². The van der Waals surface area contributed by atoms with Gasteiger partial charge >= 0.3 is 5.97 Å². The number of thiazole rings is 1. The van der Waals surface area contributed by atoms with Gasteiger partial charge in [0.1, 0.15) is 0 Å². The number of nitro groups is 1. The van der Waals surface area contributed by atoms with Crippen LogP contribution < -0.4 is 5.32 Å². The number of non-ortho nitro benzene ring substituents is 1. The Morgan fingerprint density at radius 2 is 1.88 bits per heavy atom. The van der Waals surface area contributed by atoms with Crippen LogP contribution in [-0.4, -0.2) is 26.9 Å². The summed E-state index contributed by atoms with van der Waals surface area (Å²) >= 11 is 3.05. The van der Waals surface area contributed by atoms with E-state index in [1.54, 1.807) is 30.0 Å². The summed E-state index contributed by atoms with van der Waals surface area (Å²) in [6, 6.07) is 11.9. The molecule has 1 heterocycles. The number of aliphatic carboxylic acids is 1. The van der Waals surface area contributed by atoms with Crippen molar-refractivity contribution in [3.8, 4) is 0 Å². The summed E-state index contributed by atoms with van der Waals surface area (Å²) in [6.45, 7) is 0. The highest BCUT2D eigenvalue weighted by atomic mass is 32.2. The second-order valence-electron chi connectivity index (χ2n) is 7.70. The number of anilines is 1. The summed E-state index contributed by atoms with van der Waals surface area (Å²) in [5, 5.41) is 23.1. The van der Waals surface area contributed by atoms with E-state index in [-0.39, 0.29) is 11.6 Å². The zero-order valence-corrected chi connectivity index (χ0v) is 18.7. The lowest BCUT2D eigenvalue weighted by Crippen LogP contribution is -2.36. The van der Waals surface area contributed by atoms with Gasteiger partial charge in [-0.15, -0.1) is 11.3 Å². The number of hydrogen-bond donors (Lipinski definition) is 2. The van der Waals surface area contributed by atoms with Crippen LogP contribution in [0.3, 0.4) is 0 Å². The molecule has 2 aromatic carbocycles. The molecule has 1 fully saturated rings. The summed E-state index contributed by atoms with van der Waals surface area (Å²) in [6.07, 6.45) is 2.84. The number of carbonyl (C=O) groups excluding carboxylic acids is 1. The van der Waals surface area contributed by atoms with Gasteiger partial charge in [0.05, 0.1) is 27.0 Å². The Morgan fingerprint density at radius 3 is 2.56 bits per heavy atom. The number of rotatable bonds is 7. The van der Waals surface area contributed by atoms with Gasteiger partial charge in [0.2, 0.25) is 5.91 Å². The molecule has 1 aromatic heterocycles. The quantitative estimate of drug-likeness (QED) is 0.271. The van der Waals surface area contributed by atoms with Gasteiger partial charge in [-0.3, -0.25) is 19.7 Å². The Hall–Kier alpha value is -2.98. The average molecular weight is 472 g/mol. The van der Waals surface area contributed by atoms with E-state index in [9.17, 15) is 24.8 Å². The summed E-state index contributed by atoms with van der Waals surface area (Å²) in [7, 11) is 0. The number of fused-ring (bicyclic) bond motifs is 1. The Morgan fingerprint density at radius 1 is 1.16 bits per heavy atom. The van der Waals surface area contributed by atoms with Gasteiger partial charge in [-0.1, -0.05) is 36.7 Å². The number of carboxylic acids is 1. The van der Waals surface area contributed by atoms with Crippen molar-refractivity contribution in [2.45, 2.75) is 35.8 Å². The third kappa shape index (κ3) is 5.08. The molecule has 1 aliphatic rings. The maximum Gasteiger partial charge on any atom is 0.307 e. The molecule has 3 aromatic rings. The standard InChI is InChI=1S/C22H21N3O5S2/c26-20(16-3-1-2-4-17(16)21(27)28)23-14-7-10-18-19(11-14)32-22(24-18)31-12-13-5-8-15(9-6-13)25(29)30/h5-11,16-17H,1-4,12H2,(H,23,26)(H,27,28)/t16-,17-/m1/s1. The van der Waals surface area contributed by atoms with Crippen LogP contribution >= 0.6 is 23.1 Å². The first-order chi connectivity index (χ1) is 15.4. The molecule has 0 aliphatic heterocycles. The van der Waals surface area contributed by atoms with Crippen molar-refractivity contribution in [1.29, 1.82) is 0 Å². The normalized spacial score (nSPS) is 18.4. The van der Waals surface area contributed by atoms with Crippen LogP contribution in [-0.2, 0) is 15.3 Å². The minimum Gasteiger partial charge on any atom is -0.481 e. The summed E-state index contributed by atoms with van der Waals surface area (Å²) < 4.78 is 1.78. The molecule has 0 radical (unpaired) electrons. The molecule has 166 valence electrons. The predicted molar refractivity (Wildman–Crippen MR) is 124 cm³/mol. The average Bonchev–Trinajstić information content (AvgIpc) is 3.20. The summed E-state index contributed by atoms with van der Waals surface area (Å²) in [5.41, 5.74) is 2.48. The highest BCUT2D eigenvalue weighted by Crippen LogP contribution is 2.34. The highest BCUT2D eigenvalue weighted by Gasteiger charge is 2.35. The lowest BCUT2D eigenvalue weighted by molar-refractivity contribution is -0.384. The minimum atomic E-state index is -0.905. The molecule has 2 N–H and O–H groups in total. The predicted octanol–water partition coefficient (Wildman–Crippen LogP) is 5.33. The molecular weight excluding hydrogens is 450 g/mol. The minimum absolute atomic E-state index is 0.0659. The Balaban J connectivity index is 1.41. The molecule has 1 aliphatic carbocycles. The van der Waals surface area contributed by atoms with E-state index in [4.69, 9.17) is 0 Å². The zero-order valence-electron chi connectivity index (χ0n) is 17.0. The van der Waals surface area contributed by atoms with Crippen LogP contribution in [0.5, 0.6) is 0 Å². The number of nitrogens with zero attached hydrogens (tertiary/aromatic N) is 2. The van der Waals surface area contributed by atoms with Crippen molar-refractivity contribution >= 4 is 56.6 Å². The molecule has 0 bridgehead atoms. The summed E-state index contributed by atoms with van der Waals surface area (Å²) in [5.74, 6) is -1.64. The maximum atomic E-state index is 12.7. The van der Waals surface area contributed by atoms with Crippen LogP contribution in [0.2, 0.25) is 0 Å². The molecule has 0 spiro atoms. The molecule has 32 heavy (non-hydrogen) atoms. The molecule has 0 saturated heterocycles. The fourth-order valence-electron chi connectivity index (χ4n) is 3.88. The Bertz CT molecular complexity index is 1160. The Labute approximate surface area is 192 Å². The van der Waals surface area contributed by atoms with Gasteiger partial charge in [0, 0.05) is 23.6 Å². The molecule has 0 unspecified atom stereocenters. The van der Waals surface area contributed by atoms with Gasteiger partial charge in [0.25, 0.3) is 5.69 Å². The van der Waals surface area contributed by atoms with Gasteiger partial charge in [0.15, 0.2) is 4.34 Å². The fraction of sp³-hybridized carbons (Fsp3) is 0.318. The second kappa shape index (κ2) is 9.66. The van der Waals surface area contributed by atoms with E-state index in [2.05, 4.69) is 10.3 Å². The number of carboxylic acid groups (broad SMARTS) is 1. The van der Waals surface area contributed by atoms with Crippen molar-refractivity contribution < 1.29 is 19.6 Å². The van der Waals surface area contributed by atoms with E-state index >= 15 is 0 Å². The molecule has 8 nitrogen and oxygen atoms in total. The van der Waals surface area contributed by atoms with Gasteiger partial charge < -0.3 is 10.4 Å². The summed E-state index contributed by atoms with van der Waals surface area (Å²) in [4.78, 5) is 39.1. The lowest BCUT2D eigenvalue weighted by atomic mass is 9.78. The Kier molecular flexibility index (Phi) is 6.71. The van der Waals surface area contributed by atoms with Gasteiger partial charge in [-0.25, -0.2) is 4.98 Å². The lowest BCUT2D eigenvalue weighted by Gasteiger charge is -2.27. The van der Waals surface area contributed by atoms with Crippen molar-refractivity contribution in [1.82, 2.24) is 4.98 Å². The van der Waals surface area contributed by atoms with Gasteiger partial charge in [-0.05, 0) is 36.6 Å². The SMILES string of the molecule is O=C(O)[C@@H]1CCCC[C@H]1C(=O)Nc1ccc2nc(SCc3ccc([N+](=O)[O-])cc3)sc2c1. The first kappa shape index (κ1) is 22.2. The third-order valence-electron chi connectivity index (χ3n) is 5.57. The number of aromatic nitrogens is 1. The number of benzene rings is 2. The van der Waals surface area contributed by atoms with E-state index in [0.717, 1.165) is 33.0 Å². The van der Waals surface area contributed by atoms with E-state index in [1.165, 1.54) is 23.5 Å². The molecule has 4 rings (SSSR count). The van der Waals surface area contributed by atoms with Crippen LogP contribution in [0.25, 0.3) is 10.2 Å².